The number of alkyl halides is 6. The fourth-order valence-corrected chi connectivity index (χ4v) is 6.95. The molecule has 2 aromatic rings. The number of carbonyl (C=O) groups excluding carboxylic acids is 4. The average molecular weight is 616 g/mol. The molecule has 2 amide bonds. The van der Waals surface area contributed by atoms with E-state index in [9.17, 15) is 50.6 Å². The van der Waals surface area contributed by atoms with Gasteiger partial charge in [-0.3, -0.25) is 19.2 Å². The Balaban J connectivity index is 1.49. The fraction of sp³-hybridized carbons (Fsp3) is 0.312. The zero-order valence-corrected chi connectivity index (χ0v) is 23.1. The van der Waals surface area contributed by atoms with Gasteiger partial charge in [-0.2, -0.15) is 26.3 Å². The molecule has 0 aromatic heterocycles. The van der Waals surface area contributed by atoms with Crippen molar-refractivity contribution in [2.45, 2.75) is 45.0 Å². The van der Waals surface area contributed by atoms with Gasteiger partial charge in [0.1, 0.15) is 5.75 Å². The molecule has 1 N–H and O–H groups in total. The zero-order chi connectivity index (χ0) is 32.0. The summed E-state index contributed by atoms with van der Waals surface area (Å²) in [5.74, 6) is -7.23. The van der Waals surface area contributed by atoms with Gasteiger partial charge in [0, 0.05) is 28.2 Å². The third-order valence-electron chi connectivity index (χ3n) is 8.98. The predicted molar refractivity (Wildman–Crippen MR) is 143 cm³/mol. The number of aromatic hydroxyl groups is 1. The van der Waals surface area contributed by atoms with Crippen LogP contribution in [-0.2, 0) is 31.5 Å². The van der Waals surface area contributed by atoms with Crippen molar-refractivity contribution >= 4 is 29.1 Å². The molecule has 4 atom stereocenters. The van der Waals surface area contributed by atoms with Gasteiger partial charge in [-0.15, -0.1) is 0 Å². The number of Topliss-reactive ketones (excluding diaryl/α,β-unsaturated/α-hetero) is 1. The minimum absolute atomic E-state index is 0.0868. The molecule has 2 aromatic carbocycles. The van der Waals surface area contributed by atoms with Gasteiger partial charge in [-0.05, 0) is 62.4 Å². The summed E-state index contributed by atoms with van der Waals surface area (Å²) in [7, 11) is 0. The molecular weight excluding hydrogens is 592 g/mol. The van der Waals surface area contributed by atoms with Crippen LogP contribution in [-0.4, -0.2) is 28.5 Å². The number of para-hydroxylation sites is 1. The molecule has 1 saturated heterocycles. The van der Waals surface area contributed by atoms with Crippen LogP contribution < -0.4 is 4.90 Å². The number of ketones is 2. The number of allylic oxidation sites excluding steroid dienone is 6. The van der Waals surface area contributed by atoms with E-state index in [1.54, 1.807) is 31.2 Å². The first-order valence-corrected chi connectivity index (χ1v) is 13.7. The molecule has 0 bridgehead atoms. The van der Waals surface area contributed by atoms with E-state index in [0.29, 0.717) is 33.7 Å². The van der Waals surface area contributed by atoms with Crippen molar-refractivity contribution in [3.63, 3.8) is 0 Å². The Kier molecular flexibility index (Phi) is 6.57. The number of halogens is 6. The molecule has 1 fully saturated rings. The molecule has 0 unspecified atom stereocenters. The fourth-order valence-electron chi connectivity index (χ4n) is 6.95. The van der Waals surface area contributed by atoms with E-state index in [4.69, 9.17) is 0 Å². The summed E-state index contributed by atoms with van der Waals surface area (Å²) in [4.78, 5) is 54.6. The van der Waals surface area contributed by atoms with Gasteiger partial charge in [0.25, 0.3) is 0 Å². The van der Waals surface area contributed by atoms with Crippen molar-refractivity contribution in [3.8, 4) is 5.75 Å². The highest BCUT2D eigenvalue weighted by molar-refractivity contribution is 6.25. The topological polar surface area (TPSA) is 91.8 Å². The Labute approximate surface area is 246 Å². The number of nitrogens with zero attached hydrogens (tertiary/aromatic N) is 1. The number of fused-ring (bicyclic) bond motifs is 3. The van der Waals surface area contributed by atoms with Gasteiger partial charge in [-0.25, -0.2) is 4.90 Å². The number of anilines is 1. The summed E-state index contributed by atoms with van der Waals surface area (Å²) in [6.07, 6.45) is -7.83. The van der Waals surface area contributed by atoms with Crippen molar-refractivity contribution in [3.05, 3.63) is 93.1 Å². The van der Waals surface area contributed by atoms with Crippen molar-refractivity contribution in [2.75, 3.05) is 4.90 Å². The molecule has 12 heteroatoms. The van der Waals surface area contributed by atoms with E-state index >= 15 is 0 Å². The molecule has 0 radical (unpaired) electrons. The van der Waals surface area contributed by atoms with E-state index in [0.717, 1.165) is 0 Å². The van der Waals surface area contributed by atoms with Crippen LogP contribution in [0, 0.1) is 24.7 Å². The lowest BCUT2D eigenvalue weighted by Gasteiger charge is -2.42. The Morgan fingerprint density at radius 3 is 2.11 bits per heavy atom. The number of hydrogen-bond acceptors (Lipinski definition) is 5. The lowest BCUT2D eigenvalue weighted by Crippen LogP contribution is -2.40. The van der Waals surface area contributed by atoms with Crippen LogP contribution in [0.4, 0.5) is 32.0 Å². The number of phenolic OH excluding ortho intramolecular Hbond substituents is 1. The lowest BCUT2D eigenvalue weighted by atomic mass is 9.59. The molecule has 228 valence electrons. The van der Waals surface area contributed by atoms with Crippen LogP contribution in [0.3, 0.4) is 0 Å². The lowest BCUT2D eigenvalue weighted by molar-refractivity contribution is -0.143. The predicted octanol–water partition coefficient (Wildman–Crippen LogP) is 6.37. The molecule has 4 aliphatic rings. The second-order valence-electron chi connectivity index (χ2n) is 11.5. The van der Waals surface area contributed by atoms with Crippen LogP contribution >= 0.6 is 0 Å². The van der Waals surface area contributed by atoms with E-state index in [1.165, 1.54) is 13.0 Å². The van der Waals surface area contributed by atoms with Gasteiger partial charge in [-0.1, -0.05) is 29.8 Å². The molecule has 0 spiro atoms. The van der Waals surface area contributed by atoms with Gasteiger partial charge >= 0.3 is 12.4 Å². The number of rotatable bonds is 2. The third-order valence-corrected chi connectivity index (χ3v) is 8.98. The number of phenols is 1. The van der Waals surface area contributed by atoms with E-state index in [1.807, 2.05) is 0 Å². The molecule has 3 aliphatic carbocycles. The van der Waals surface area contributed by atoms with Crippen LogP contribution in [0.25, 0.3) is 0 Å². The smallest absolute Gasteiger partial charge is 0.416 e. The van der Waals surface area contributed by atoms with Crippen molar-refractivity contribution in [1.82, 2.24) is 0 Å². The highest BCUT2D eigenvalue weighted by Crippen LogP contribution is 2.56. The Morgan fingerprint density at radius 2 is 1.50 bits per heavy atom. The summed E-state index contributed by atoms with van der Waals surface area (Å²) in [6, 6.07) is 5.45. The quantitative estimate of drug-likeness (QED) is 0.184. The SMILES string of the molecule is CC1=CC(=O)C2=C(C1=O)[C@@H](c1cccc(C)c1O)C1=CC[C@@H]3C(=O)N(c4cc(C(F)(F)F)cc(C(F)(F)F)c4)C(=O)[C@@H]3[C@@H]1C2. The standard InChI is InChI=1S/C32H23F6NO5/c1-13-4-3-5-19(27(13)41)24-18-6-7-20-25(21(18)12-22-23(40)8-14(2)28(42)26(22)24)30(44)39(29(20)43)17-10-15(31(33,34)35)9-16(11-17)32(36,37)38/h3-6,8-11,20-21,24-25,41H,7,12H2,1-2H3/t20-,21+,24+,25-/m0/s1. The van der Waals surface area contributed by atoms with E-state index in [-0.39, 0.29) is 41.4 Å². The first kappa shape index (κ1) is 29.6. The third kappa shape index (κ3) is 4.41. The zero-order valence-electron chi connectivity index (χ0n) is 23.1. The average Bonchev–Trinajstić information content (AvgIpc) is 3.20. The Bertz CT molecular complexity index is 1750. The van der Waals surface area contributed by atoms with Crippen molar-refractivity contribution < 1.29 is 50.6 Å². The number of benzene rings is 2. The summed E-state index contributed by atoms with van der Waals surface area (Å²) in [5.41, 5.74) is -2.55. The summed E-state index contributed by atoms with van der Waals surface area (Å²) >= 11 is 0. The summed E-state index contributed by atoms with van der Waals surface area (Å²) < 4.78 is 81.6. The second-order valence-corrected chi connectivity index (χ2v) is 11.5. The van der Waals surface area contributed by atoms with Crippen LogP contribution in [0.5, 0.6) is 5.75 Å². The maximum atomic E-state index is 13.9. The maximum absolute atomic E-state index is 13.9. The van der Waals surface area contributed by atoms with Crippen LogP contribution in [0.15, 0.2) is 70.8 Å². The number of hydrogen-bond donors (Lipinski definition) is 1. The largest absolute Gasteiger partial charge is 0.507 e. The number of amides is 2. The van der Waals surface area contributed by atoms with Crippen molar-refractivity contribution in [1.29, 1.82) is 0 Å². The van der Waals surface area contributed by atoms with Gasteiger partial charge in [0.15, 0.2) is 11.6 Å². The van der Waals surface area contributed by atoms with Gasteiger partial charge < -0.3 is 5.11 Å². The second kappa shape index (κ2) is 9.76. The molecule has 6 rings (SSSR count). The molecule has 1 heterocycles. The highest BCUT2D eigenvalue weighted by Gasteiger charge is 2.57. The van der Waals surface area contributed by atoms with Crippen LogP contribution in [0.1, 0.15) is 47.9 Å². The molecule has 44 heavy (non-hydrogen) atoms. The maximum Gasteiger partial charge on any atom is 0.416 e. The minimum Gasteiger partial charge on any atom is -0.507 e. The first-order valence-electron chi connectivity index (χ1n) is 13.7. The van der Waals surface area contributed by atoms with Crippen LogP contribution in [0.2, 0.25) is 0 Å². The molecular formula is C32H23F6NO5. The number of carbonyl (C=O) groups is 4. The normalized spacial score (nSPS) is 25.5. The minimum atomic E-state index is -5.20. The number of aryl methyl sites for hydroxylation is 1. The van der Waals surface area contributed by atoms with Crippen molar-refractivity contribution in [2.24, 2.45) is 17.8 Å². The Hall–Kier alpha value is -4.48. The number of imide groups is 1. The first-order chi connectivity index (χ1) is 20.5. The summed E-state index contributed by atoms with van der Waals surface area (Å²) in [5, 5.41) is 11.0. The molecule has 1 aliphatic heterocycles. The van der Waals surface area contributed by atoms with E-state index < -0.39 is 76.2 Å². The van der Waals surface area contributed by atoms with Gasteiger partial charge in [0.05, 0.1) is 28.7 Å². The van der Waals surface area contributed by atoms with E-state index in [2.05, 4.69) is 0 Å². The molecule has 6 nitrogen and oxygen atoms in total. The van der Waals surface area contributed by atoms with Gasteiger partial charge in [0.2, 0.25) is 11.8 Å². The molecule has 0 saturated carbocycles. The highest BCUT2D eigenvalue weighted by atomic mass is 19.4. The monoisotopic (exact) mass is 615 g/mol. The summed E-state index contributed by atoms with van der Waals surface area (Å²) in [6.45, 7) is 3.12. The Morgan fingerprint density at radius 1 is 0.864 bits per heavy atom.